The van der Waals surface area contributed by atoms with E-state index >= 15 is 0 Å². The van der Waals surface area contributed by atoms with E-state index < -0.39 is 23.9 Å². The normalized spacial score (nSPS) is 11.2. The lowest BCUT2D eigenvalue weighted by molar-refractivity contribution is -0.155. The van der Waals surface area contributed by atoms with Crippen LogP contribution in [0.5, 0.6) is 5.75 Å². The third-order valence-corrected chi connectivity index (χ3v) is 3.88. The maximum absolute atomic E-state index is 12.0. The SMILES string of the molecule is CCOc1ccccc1CCC(=O)O[C@@H](C)C(=O)NNC(=O)c1ccccc1. The van der Waals surface area contributed by atoms with Crippen molar-refractivity contribution in [3.63, 3.8) is 0 Å². The van der Waals surface area contributed by atoms with Gasteiger partial charge < -0.3 is 9.47 Å². The molecule has 0 spiro atoms. The lowest BCUT2D eigenvalue weighted by atomic mass is 10.1. The second kappa shape index (κ2) is 10.7. The molecule has 0 radical (unpaired) electrons. The number of benzene rings is 2. The molecule has 0 heterocycles. The quantitative estimate of drug-likeness (QED) is 0.538. The largest absolute Gasteiger partial charge is 0.494 e. The number of amides is 2. The summed E-state index contributed by atoms with van der Waals surface area (Å²) in [5.41, 5.74) is 5.84. The number of aryl methyl sites for hydroxylation is 1. The maximum Gasteiger partial charge on any atom is 0.306 e. The van der Waals surface area contributed by atoms with Crippen LogP contribution < -0.4 is 15.6 Å². The highest BCUT2D eigenvalue weighted by Crippen LogP contribution is 2.19. The molecule has 28 heavy (non-hydrogen) atoms. The summed E-state index contributed by atoms with van der Waals surface area (Å²) in [7, 11) is 0. The average Bonchev–Trinajstić information content (AvgIpc) is 2.72. The van der Waals surface area contributed by atoms with E-state index in [4.69, 9.17) is 9.47 Å². The molecule has 0 unspecified atom stereocenters. The summed E-state index contributed by atoms with van der Waals surface area (Å²) in [6.45, 7) is 3.87. The van der Waals surface area contributed by atoms with Crippen LogP contribution in [0.4, 0.5) is 0 Å². The number of carbonyl (C=O) groups is 3. The van der Waals surface area contributed by atoms with Crippen molar-refractivity contribution in [2.75, 3.05) is 6.61 Å². The van der Waals surface area contributed by atoms with Crippen LogP contribution in [-0.2, 0) is 20.7 Å². The predicted molar refractivity (Wildman–Crippen MR) is 104 cm³/mol. The minimum atomic E-state index is -1.04. The summed E-state index contributed by atoms with van der Waals surface area (Å²) in [4.78, 5) is 35.9. The molecule has 1 atom stereocenters. The van der Waals surface area contributed by atoms with Crippen LogP contribution >= 0.6 is 0 Å². The minimum absolute atomic E-state index is 0.109. The van der Waals surface area contributed by atoms with Gasteiger partial charge in [-0.15, -0.1) is 0 Å². The molecule has 2 N–H and O–H groups in total. The summed E-state index contributed by atoms with van der Waals surface area (Å²) in [5.74, 6) is -0.858. The Morgan fingerprint density at radius 1 is 0.964 bits per heavy atom. The molecular formula is C21H24N2O5. The number of esters is 1. The first kappa shape index (κ1) is 21.0. The molecular weight excluding hydrogens is 360 g/mol. The van der Waals surface area contributed by atoms with E-state index in [1.54, 1.807) is 30.3 Å². The number of hydrogen-bond donors (Lipinski definition) is 2. The van der Waals surface area contributed by atoms with Gasteiger partial charge in [-0.25, -0.2) is 0 Å². The van der Waals surface area contributed by atoms with Gasteiger partial charge in [0, 0.05) is 12.0 Å². The average molecular weight is 384 g/mol. The second-order valence-corrected chi connectivity index (χ2v) is 5.98. The Morgan fingerprint density at radius 2 is 1.64 bits per heavy atom. The summed E-state index contributed by atoms with van der Waals surface area (Å²) < 4.78 is 10.7. The summed E-state index contributed by atoms with van der Waals surface area (Å²) >= 11 is 0. The van der Waals surface area contributed by atoms with Crippen molar-refractivity contribution in [1.29, 1.82) is 0 Å². The second-order valence-electron chi connectivity index (χ2n) is 5.98. The van der Waals surface area contributed by atoms with Crippen LogP contribution in [0.15, 0.2) is 54.6 Å². The van der Waals surface area contributed by atoms with Crippen LogP contribution in [0, 0.1) is 0 Å². The van der Waals surface area contributed by atoms with E-state index in [-0.39, 0.29) is 6.42 Å². The molecule has 0 aromatic heterocycles. The minimum Gasteiger partial charge on any atom is -0.494 e. The zero-order valence-corrected chi connectivity index (χ0v) is 15.9. The van der Waals surface area contributed by atoms with Crippen molar-refractivity contribution in [2.24, 2.45) is 0 Å². The van der Waals surface area contributed by atoms with Crippen LogP contribution in [0.2, 0.25) is 0 Å². The van der Waals surface area contributed by atoms with Crippen molar-refractivity contribution in [3.8, 4) is 5.75 Å². The lowest BCUT2D eigenvalue weighted by Crippen LogP contribution is -2.46. The van der Waals surface area contributed by atoms with E-state index in [1.165, 1.54) is 6.92 Å². The van der Waals surface area contributed by atoms with E-state index in [2.05, 4.69) is 10.9 Å². The van der Waals surface area contributed by atoms with Gasteiger partial charge >= 0.3 is 5.97 Å². The zero-order valence-electron chi connectivity index (χ0n) is 15.9. The highest BCUT2D eigenvalue weighted by atomic mass is 16.5. The maximum atomic E-state index is 12.0. The smallest absolute Gasteiger partial charge is 0.306 e. The van der Waals surface area contributed by atoms with Gasteiger partial charge in [-0.1, -0.05) is 36.4 Å². The zero-order chi connectivity index (χ0) is 20.4. The molecule has 0 aliphatic rings. The molecule has 7 heteroatoms. The summed E-state index contributed by atoms with van der Waals surface area (Å²) in [6.07, 6.45) is -0.489. The van der Waals surface area contributed by atoms with Gasteiger partial charge in [0.05, 0.1) is 6.61 Å². The first-order valence-electron chi connectivity index (χ1n) is 9.06. The Kier molecular flexibility index (Phi) is 8.02. The van der Waals surface area contributed by atoms with Gasteiger partial charge in [0.2, 0.25) is 0 Å². The van der Waals surface area contributed by atoms with Crippen molar-refractivity contribution in [1.82, 2.24) is 10.9 Å². The van der Waals surface area contributed by atoms with Gasteiger partial charge in [0.25, 0.3) is 11.8 Å². The monoisotopic (exact) mass is 384 g/mol. The van der Waals surface area contributed by atoms with Gasteiger partial charge in [0.1, 0.15) is 5.75 Å². The van der Waals surface area contributed by atoms with Crippen molar-refractivity contribution < 1.29 is 23.9 Å². The standard InChI is InChI=1S/C21H24N2O5/c1-3-27-18-12-8-7-9-16(18)13-14-19(24)28-15(2)20(25)22-23-21(26)17-10-5-4-6-11-17/h4-12,15H,3,13-14H2,1-2H3,(H,22,25)(H,23,26)/t15-/m0/s1. The molecule has 0 saturated heterocycles. The Hall–Kier alpha value is -3.35. The molecule has 0 aliphatic carbocycles. The Bertz CT molecular complexity index is 807. The number of nitrogens with one attached hydrogen (secondary N) is 2. The number of hydrogen-bond acceptors (Lipinski definition) is 5. The van der Waals surface area contributed by atoms with Gasteiger partial charge in [-0.05, 0) is 44.0 Å². The fraction of sp³-hybridized carbons (Fsp3) is 0.286. The Balaban J connectivity index is 1.77. The number of ether oxygens (including phenoxy) is 2. The topological polar surface area (TPSA) is 93.7 Å². The van der Waals surface area contributed by atoms with Gasteiger partial charge in [-0.2, -0.15) is 0 Å². The van der Waals surface area contributed by atoms with E-state index in [1.807, 2.05) is 31.2 Å². The van der Waals surface area contributed by atoms with Crippen molar-refractivity contribution in [2.45, 2.75) is 32.8 Å². The molecule has 2 aromatic rings. The van der Waals surface area contributed by atoms with E-state index in [0.29, 0.717) is 18.6 Å². The Labute approximate surface area is 164 Å². The fourth-order valence-electron chi connectivity index (χ4n) is 2.43. The molecule has 0 aliphatic heterocycles. The van der Waals surface area contributed by atoms with Crippen molar-refractivity contribution in [3.05, 3.63) is 65.7 Å². The number of para-hydroxylation sites is 1. The first-order valence-corrected chi connectivity index (χ1v) is 9.06. The molecule has 2 amide bonds. The lowest BCUT2D eigenvalue weighted by Gasteiger charge is -2.14. The van der Waals surface area contributed by atoms with E-state index in [9.17, 15) is 14.4 Å². The first-order chi connectivity index (χ1) is 13.5. The third kappa shape index (κ3) is 6.42. The highest BCUT2D eigenvalue weighted by Gasteiger charge is 2.19. The highest BCUT2D eigenvalue weighted by molar-refractivity contribution is 5.95. The molecule has 2 aromatic carbocycles. The Morgan fingerprint density at radius 3 is 2.36 bits per heavy atom. The molecule has 0 saturated carbocycles. The van der Waals surface area contributed by atoms with Crippen LogP contribution in [0.3, 0.4) is 0 Å². The molecule has 0 bridgehead atoms. The predicted octanol–water partition coefficient (Wildman–Crippen LogP) is 2.41. The number of hydrazine groups is 1. The third-order valence-electron chi connectivity index (χ3n) is 3.88. The van der Waals surface area contributed by atoms with E-state index in [0.717, 1.165) is 11.3 Å². The molecule has 148 valence electrons. The molecule has 2 rings (SSSR count). The number of rotatable bonds is 8. The molecule has 7 nitrogen and oxygen atoms in total. The van der Waals surface area contributed by atoms with Crippen LogP contribution in [0.1, 0.15) is 36.2 Å². The van der Waals surface area contributed by atoms with Crippen LogP contribution in [-0.4, -0.2) is 30.5 Å². The molecule has 0 fully saturated rings. The number of carbonyl (C=O) groups excluding carboxylic acids is 3. The van der Waals surface area contributed by atoms with Crippen LogP contribution in [0.25, 0.3) is 0 Å². The summed E-state index contributed by atoms with van der Waals surface area (Å²) in [6, 6.07) is 15.9. The van der Waals surface area contributed by atoms with Gasteiger partial charge in [-0.3, -0.25) is 25.2 Å². The summed E-state index contributed by atoms with van der Waals surface area (Å²) in [5, 5.41) is 0. The van der Waals surface area contributed by atoms with Crippen molar-refractivity contribution >= 4 is 17.8 Å². The van der Waals surface area contributed by atoms with Gasteiger partial charge in [0.15, 0.2) is 6.10 Å². The fourth-order valence-corrected chi connectivity index (χ4v) is 2.43.